The number of furan rings is 1. The highest BCUT2D eigenvalue weighted by molar-refractivity contribution is 6.31. The fourth-order valence-electron chi connectivity index (χ4n) is 4.90. The predicted molar refractivity (Wildman–Crippen MR) is 137 cm³/mol. The number of nitrogens with zero attached hydrogens (tertiary/aromatic N) is 1. The highest BCUT2D eigenvalue weighted by atomic mass is 35.5. The van der Waals surface area contributed by atoms with Gasteiger partial charge in [-0.25, -0.2) is 0 Å². The van der Waals surface area contributed by atoms with Crippen molar-refractivity contribution in [2.24, 2.45) is 0 Å². The Morgan fingerprint density at radius 3 is 2.71 bits per heavy atom. The quantitative estimate of drug-likeness (QED) is 0.488. The Hall–Kier alpha value is -2.64. The average Bonchev–Trinajstić information content (AvgIpc) is 3.54. The molecule has 1 atom stereocenters. The molecule has 0 radical (unpaired) electrons. The van der Waals surface area contributed by atoms with E-state index in [9.17, 15) is 9.90 Å². The third-order valence-corrected chi connectivity index (χ3v) is 7.20. The molecule has 1 unspecified atom stereocenters. The molecule has 2 saturated heterocycles. The van der Waals surface area contributed by atoms with Crippen LogP contribution in [0, 0.1) is 0 Å². The number of fused-ring (bicyclic) bond motifs is 1. The molecule has 1 amide bonds. The first kappa shape index (κ1) is 24.1. The number of likely N-dealkylation sites (tertiary alicyclic amines) is 1. The molecule has 0 aliphatic carbocycles. The van der Waals surface area contributed by atoms with Crippen LogP contribution in [-0.4, -0.2) is 54.8 Å². The van der Waals surface area contributed by atoms with Crippen LogP contribution in [0.25, 0.3) is 17.0 Å². The van der Waals surface area contributed by atoms with E-state index >= 15 is 0 Å². The maximum atomic E-state index is 12.5. The second kappa shape index (κ2) is 10.5. The summed E-state index contributed by atoms with van der Waals surface area (Å²) in [6, 6.07) is 17.5. The number of carbonyl (C=O) groups is 1. The summed E-state index contributed by atoms with van der Waals surface area (Å²) >= 11 is 6.50. The lowest BCUT2D eigenvalue weighted by Gasteiger charge is -2.38. The summed E-state index contributed by atoms with van der Waals surface area (Å²) in [6.07, 6.45) is 5.30. The number of piperidine rings is 1. The Balaban J connectivity index is 1.20. The molecule has 0 bridgehead atoms. The van der Waals surface area contributed by atoms with Gasteiger partial charge >= 0.3 is 0 Å². The highest BCUT2D eigenvalue weighted by Crippen LogP contribution is 2.35. The van der Waals surface area contributed by atoms with E-state index < -0.39 is 5.60 Å². The molecule has 0 saturated carbocycles. The molecule has 1 aromatic heterocycles. The van der Waals surface area contributed by atoms with Crippen molar-refractivity contribution in [3.05, 3.63) is 76.5 Å². The van der Waals surface area contributed by atoms with Gasteiger partial charge in [0.25, 0.3) is 5.91 Å². The predicted octanol–water partition coefficient (Wildman–Crippen LogP) is 4.90. The number of nitrogens with one attached hydrogen (secondary N) is 1. The van der Waals surface area contributed by atoms with Gasteiger partial charge in [-0.05, 0) is 61.1 Å². The Morgan fingerprint density at radius 1 is 1.17 bits per heavy atom. The monoisotopic (exact) mass is 494 g/mol. The van der Waals surface area contributed by atoms with Crippen molar-refractivity contribution in [1.29, 1.82) is 0 Å². The topological polar surface area (TPSA) is 74.9 Å². The van der Waals surface area contributed by atoms with Crippen molar-refractivity contribution < 1.29 is 19.1 Å². The van der Waals surface area contributed by atoms with Crippen molar-refractivity contribution in [1.82, 2.24) is 10.2 Å². The summed E-state index contributed by atoms with van der Waals surface area (Å²) in [5.74, 6) is 0.0301. The molecule has 184 valence electrons. The summed E-state index contributed by atoms with van der Waals surface area (Å²) in [7, 11) is 0. The molecular formula is C28H31ClN2O4. The number of amides is 1. The van der Waals surface area contributed by atoms with E-state index in [1.807, 2.05) is 54.6 Å². The molecule has 3 heterocycles. The van der Waals surface area contributed by atoms with Crippen LogP contribution >= 0.6 is 11.6 Å². The summed E-state index contributed by atoms with van der Waals surface area (Å²) in [4.78, 5) is 14.8. The van der Waals surface area contributed by atoms with Gasteiger partial charge in [0.15, 0.2) is 5.76 Å². The molecule has 2 N–H and O–H groups in total. The van der Waals surface area contributed by atoms with Crippen LogP contribution in [0.3, 0.4) is 0 Å². The Bertz CT molecular complexity index is 1190. The molecular weight excluding hydrogens is 464 g/mol. The van der Waals surface area contributed by atoms with E-state index in [0.717, 1.165) is 54.1 Å². The van der Waals surface area contributed by atoms with Crippen LogP contribution in [0.4, 0.5) is 0 Å². The zero-order chi connectivity index (χ0) is 24.3. The van der Waals surface area contributed by atoms with Gasteiger partial charge in [0, 0.05) is 43.2 Å². The molecule has 2 aliphatic rings. The Kier molecular flexibility index (Phi) is 7.25. The zero-order valence-corrected chi connectivity index (χ0v) is 20.5. The third-order valence-electron chi connectivity index (χ3n) is 6.97. The molecule has 0 spiro atoms. The summed E-state index contributed by atoms with van der Waals surface area (Å²) in [5, 5.41) is 15.9. The van der Waals surface area contributed by atoms with Gasteiger partial charge in [-0.1, -0.05) is 48.0 Å². The first-order chi connectivity index (χ1) is 17.0. The number of hydrogen-bond acceptors (Lipinski definition) is 5. The van der Waals surface area contributed by atoms with Crippen molar-refractivity contribution in [2.45, 2.75) is 37.4 Å². The number of benzene rings is 2. The molecule has 2 aliphatic heterocycles. The minimum Gasteiger partial charge on any atom is -0.451 e. The van der Waals surface area contributed by atoms with E-state index in [0.29, 0.717) is 31.5 Å². The molecule has 3 aromatic rings. The van der Waals surface area contributed by atoms with Gasteiger partial charge in [-0.15, -0.1) is 0 Å². The van der Waals surface area contributed by atoms with Crippen LogP contribution in [0.15, 0.2) is 64.0 Å². The second-order valence-electron chi connectivity index (χ2n) is 9.52. The van der Waals surface area contributed by atoms with Gasteiger partial charge < -0.3 is 19.6 Å². The Labute approximate surface area is 210 Å². The zero-order valence-electron chi connectivity index (χ0n) is 19.7. The SMILES string of the molecule is O=C(NCC1CCCO1)c1cc2cc(C3(O)CCN(CC(Cl)=Cc4ccccc4)CC3)ccc2o1. The largest absolute Gasteiger partial charge is 0.451 e. The van der Waals surface area contributed by atoms with Crippen molar-refractivity contribution in [3.63, 3.8) is 0 Å². The number of aliphatic hydroxyl groups is 1. The van der Waals surface area contributed by atoms with Crippen LogP contribution in [0.2, 0.25) is 0 Å². The fourth-order valence-corrected chi connectivity index (χ4v) is 5.20. The van der Waals surface area contributed by atoms with Gasteiger partial charge in [-0.3, -0.25) is 9.69 Å². The molecule has 2 fully saturated rings. The first-order valence-electron chi connectivity index (χ1n) is 12.3. The van der Waals surface area contributed by atoms with Crippen molar-refractivity contribution in [2.75, 3.05) is 32.8 Å². The molecule has 7 heteroatoms. The van der Waals surface area contributed by atoms with Crippen LogP contribution in [0.5, 0.6) is 0 Å². The molecule has 35 heavy (non-hydrogen) atoms. The lowest BCUT2D eigenvalue weighted by atomic mass is 9.84. The van der Waals surface area contributed by atoms with E-state index in [1.165, 1.54) is 0 Å². The van der Waals surface area contributed by atoms with E-state index in [2.05, 4.69) is 10.2 Å². The lowest BCUT2D eigenvalue weighted by Crippen LogP contribution is -2.42. The van der Waals surface area contributed by atoms with Crippen LogP contribution in [0.1, 0.15) is 47.4 Å². The fraction of sp³-hybridized carbons (Fsp3) is 0.393. The average molecular weight is 495 g/mol. The highest BCUT2D eigenvalue weighted by Gasteiger charge is 2.34. The molecule has 5 rings (SSSR count). The minimum absolute atomic E-state index is 0.0822. The maximum absolute atomic E-state index is 12.5. The molecule has 2 aromatic carbocycles. The van der Waals surface area contributed by atoms with E-state index in [4.69, 9.17) is 20.8 Å². The summed E-state index contributed by atoms with van der Waals surface area (Å²) in [5.41, 5.74) is 1.65. The van der Waals surface area contributed by atoms with E-state index in [-0.39, 0.29) is 17.8 Å². The standard InChI is InChI=1S/C28H31ClN2O4/c29-23(15-20-5-2-1-3-6-20)19-31-12-10-28(33,11-13-31)22-8-9-25-21(16-22)17-26(35-25)27(32)30-18-24-7-4-14-34-24/h1-3,5-6,8-9,15-17,24,33H,4,7,10-14,18-19H2,(H,30,32). The third kappa shape index (κ3) is 5.78. The van der Waals surface area contributed by atoms with Gasteiger partial charge in [0.05, 0.1) is 11.7 Å². The number of rotatable bonds is 7. The summed E-state index contributed by atoms with van der Waals surface area (Å²) in [6.45, 7) is 3.40. The van der Waals surface area contributed by atoms with Gasteiger partial charge in [0.2, 0.25) is 0 Å². The second-order valence-corrected chi connectivity index (χ2v) is 10.0. The number of hydrogen-bond donors (Lipinski definition) is 2. The summed E-state index contributed by atoms with van der Waals surface area (Å²) < 4.78 is 11.3. The van der Waals surface area contributed by atoms with Gasteiger partial charge in [0.1, 0.15) is 5.58 Å². The number of ether oxygens (including phenoxy) is 1. The minimum atomic E-state index is -0.917. The van der Waals surface area contributed by atoms with Crippen molar-refractivity contribution in [3.8, 4) is 0 Å². The number of carbonyl (C=O) groups excluding carboxylic acids is 1. The normalized spacial score (nSPS) is 20.9. The smallest absolute Gasteiger partial charge is 0.287 e. The van der Waals surface area contributed by atoms with Crippen LogP contribution in [-0.2, 0) is 10.3 Å². The maximum Gasteiger partial charge on any atom is 0.287 e. The first-order valence-corrected chi connectivity index (χ1v) is 12.7. The number of halogens is 1. The van der Waals surface area contributed by atoms with Crippen LogP contribution < -0.4 is 5.32 Å². The van der Waals surface area contributed by atoms with E-state index in [1.54, 1.807) is 6.07 Å². The Morgan fingerprint density at radius 2 is 1.97 bits per heavy atom. The molecule has 6 nitrogen and oxygen atoms in total. The van der Waals surface area contributed by atoms with Gasteiger partial charge in [-0.2, -0.15) is 0 Å². The van der Waals surface area contributed by atoms with Crippen molar-refractivity contribution >= 4 is 34.6 Å². The lowest BCUT2D eigenvalue weighted by molar-refractivity contribution is -0.0234.